The van der Waals surface area contributed by atoms with Crippen molar-refractivity contribution < 1.29 is 10.0 Å². The van der Waals surface area contributed by atoms with E-state index < -0.39 is 0 Å². The molecule has 98 valence electrons. The van der Waals surface area contributed by atoms with E-state index in [4.69, 9.17) is 22.5 Å². The monoisotopic (exact) mass is 270 g/mol. The second-order valence-corrected chi connectivity index (χ2v) is 4.14. The molecular weight excluding hydrogens is 256 g/mol. The second kappa shape index (κ2) is 6.80. The standard InChI is InChI=1S/C11H15ClN4O2/c1-2-7(5-10(13)16-18)15-11(17)8-3-4-14-6-9(8)12/h3-4,6-7,18H,2,5H2,1H3,(H2,13,16)(H,15,17). The number of nitrogens with zero attached hydrogens (tertiary/aromatic N) is 2. The molecule has 0 radical (unpaired) electrons. The molecule has 0 aromatic carbocycles. The minimum absolute atomic E-state index is 0.0722. The van der Waals surface area contributed by atoms with Crippen LogP contribution in [0.15, 0.2) is 23.6 Å². The van der Waals surface area contributed by atoms with Crippen LogP contribution in [-0.2, 0) is 0 Å². The average Bonchev–Trinajstić information content (AvgIpc) is 2.38. The molecule has 4 N–H and O–H groups in total. The van der Waals surface area contributed by atoms with Gasteiger partial charge in [-0.2, -0.15) is 0 Å². The van der Waals surface area contributed by atoms with Gasteiger partial charge in [-0.15, -0.1) is 0 Å². The van der Waals surface area contributed by atoms with E-state index in [2.05, 4.69) is 15.5 Å². The fourth-order valence-corrected chi connectivity index (χ4v) is 1.62. The zero-order valence-corrected chi connectivity index (χ0v) is 10.7. The predicted molar refractivity (Wildman–Crippen MR) is 68.8 cm³/mol. The first-order chi connectivity index (χ1) is 8.58. The van der Waals surface area contributed by atoms with Gasteiger partial charge in [0.1, 0.15) is 5.84 Å². The SMILES string of the molecule is CCC(CC(N)=NO)NC(=O)c1ccncc1Cl. The van der Waals surface area contributed by atoms with Crippen LogP contribution < -0.4 is 11.1 Å². The lowest BCUT2D eigenvalue weighted by atomic mass is 10.1. The summed E-state index contributed by atoms with van der Waals surface area (Å²) in [6, 6.07) is 1.33. The third kappa shape index (κ3) is 3.89. The van der Waals surface area contributed by atoms with Crippen molar-refractivity contribution in [3.05, 3.63) is 29.0 Å². The normalized spacial score (nSPS) is 13.1. The molecule has 1 unspecified atom stereocenters. The molecule has 6 nitrogen and oxygen atoms in total. The summed E-state index contributed by atoms with van der Waals surface area (Å²) >= 11 is 5.87. The molecule has 1 rings (SSSR count). The van der Waals surface area contributed by atoms with Crippen molar-refractivity contribution in [2.45, 2.75) is 25.8 Å². The topological polar surface area (TPSA) is 101 Å². The molecule has 18 heavy (non-hydrogen) atoms. The summed E-state index contributed by atoms with van der Waals surface area (Å²) in [6.45, 7) is 1.89. The lowest BCUT2D eigenvalue weighted by Crippen LogP contribution is -2.37. The maximum atomic E-state index is 11.9. The molecule has 0 saturated carbocycles. The van der Waals surface area contributed by atoms with E-state index in [0.717, 1.165) is 0 Å². The quantitative estimate of drug-likeness (QED) is 0.326. The highest BCUT2D eigenvalue weighted by Crippen LogP contribution is 2.13. The van der Waals surface area contributed by atoms with Crippen LogP contribution in [0.25, 0.3) is 0 Å². The van der Waals surface area contributed by atoms with E-state index >= 15 is 0 Å². The molecular formula is C11H15ClN4O2. The van der Waals surface area contributed by atoms with Gasteiger partial charge in [0.25, 0.3) is 5.91 Å². The zero-order chi connectivity index (χ0) is 13.5. The molecule has 0 aliphatic rings. The number of hydrogen-bond donors (Lipinski definition) is 3. The maximum Gasteiger partial charge on any atom is 0.253 e. The largest absolute Gasteiger partial charge is 0.409 e. The van der Waals surface area contributed by atoms with Gasteiger partial charge in [0.15, 0.2) is 0 Å². The molecule has 1 heterocycles. The van der Waals surface area contributed by atoms with Gasteiger partial charge in [-0.05, 0) is 12.5 Å². The number of rotatable bonds is 5. The van der Waals surface area contributed by atoms with Crippen molar-refractivity contribution in [3.8, 4) is 0 Å². The van der Waals surface area contributed by atoms with Gasteiger partial charge in [0.05, 0.1) is 10.6 Å². The van der Waals surface area contributed by atoms with Gasteiger partial charge in [0, 0.05) is 24.9 Å². The van der Waals surface area contributed by atoms with Crippen LogP contribution >= 0.6 is 11.6 Å². The molecule has 7 heteroatoms. The van der Waals surface area contributed by atoms with Gasteiger partial charge >= 0.3 is 0 Å². The molecule has 0 bridgehead atoms. The minimum atomic E-state index is -0.306. The Balaban J connectivity index is 2.71. The molecule has 0 aliphatic heterocycles. The number of amides is 1. The van der Waals surface area contributed by atoms with Gasteiger partial charge in [-0.3, -0.25) is 9.78 Å². The number of pyridine rings is 1. The minimum Gasteiger partial charge on any atom is -0.409 e. The van der Waals surface area contributed by atoms with Gasteiger partial charge in [0.2, 0.25) is 0 Å². The average molecular weight is 271 g/mol. The Morgan fingerprint density at radius 3 is 3.00 bits per heavy atom. The number of carbonyl (C=O) groups excluding carboxylic acids is 1. The van der Waals surface area contributed by atoms with E-state index in [1.165, 1.54) is 18.5 Å². The van der Waals surface area contributed by atoms with Crippen LogP contribution in [0, 0.1) is 0 Å². The fraction of sp³-hybridized carbons (Fsp3) is 0.364. The summed E-state index contributed by atoms with van der Waals surface area (Å²) in [5, 5.41) is 14.4. The number of nitrogens with two attached hydrogens (primary N) is 1. The lowest BCUT2D eigenvalue weighted by molar-refractivity contribution is 0.0937. The summed E-state index contributed by atoms with van der Waals surface area (Å²) in [7, 11) is 0. The Morgan fingerprint density at radius 2 is 2.44 bits per heavy atom. The van der Waals surface area contributed by atoms with E-state index in [0.29, 0.717) is 12.0 Å². The number of halogens is 1. The number of nitrogens with one attached hydrogen (secondary N) is 1. The Hall–Kier alpha value is -1.82. The van der Waals surface area contributed by atoms with Crippen LogP contribution in [0.5, 0.6) is 0 Å². The van der Waals surface area contributed by atoms with Crippen LogP contribution in [0.1, 0.15) is 30.1 Å². The van der Waals surface area contributed by atoms with Crippen molar-refractivity contribution in [2.75, 3.05) is 0 Å². The predicted octanol–water partition coefficient (Wildman–Crippen LogP) is 1.38. The van der Waals surface area contributed by atoms with Crippen molar-refractivity contribution >= 4 is 23.3 Å². The lowest BCUT2D eigenvalue weighted by Gasteiger charge is -2.16. The Morgan fingerprint density at radius 1 is 1.72 bits per heavy atom. The van der Waals surface area contributed by atoms with Crippen LogP contribution in [0.4, 0.5) is 0 Å². The highest BCUT2D eigenvalue weighted by Gasteiger charge is 2.15. The summed E-state index contributed by atoms with van der Waals surface area (Å²) in [5.74, 6) is -0.233. The molecule has 0 fully saturated rings. The first kappa shape index (κ1) is 14.2. The van der Waals surface area contributed by atoms with Gasteiger partial charge in [-0.25, -0.2) is 0 Å². The molecule has 0 aliphatic carbocycles. The third-order valence-electron chi connectivity index (χ3n) is 2.43. The van der Waals surface area contributed by atoms with E-state index in [1.54, 1.807) is 0 Å². The van der Waals surface area contributed by atoms with Crippen molar-refractivity contribution in [1.29, 1.82) is 0 Å². The smallest absolute Gasteiger partial charge is 0.253 e. The molecule has 0 saturated heterocycles. The molecule has 1 amide bonds. The molecule has 0 spiro atoms. The van der Waals surface area contributed by atoms with Crippen LogP contribution in [-0.4, -0.2) is 28.0 Å². The number of carbonyl (C=O) groups is 1. The highest BCUT2D eigenvalue weighted by molar-refractivity contribution is 6.33. The van der Waals surface area contributed by atoms with Crippen molar-refractivity contribution in [1.82, 2.24) is 10.3 Å². The van der Waals surface area contributed by atoms with Crippen molar-refractivity contribution in [3.63, 3.8) is 0 Å². The summed E-state index contributed by atoms with van der Waals surface area (Å²) in [6.07, 6.45) is 3.83. The number of aromatic nitrogens is 1. The van der Waals surface area contributed by atoms with Crippen LogP contribution in [0.3, 0.4) is 0 Å². The summed E-state index contributed by atoms with van der Waals surface area (Å²) in [4.78, 5) is 15.7. The summed E-state index contributed by atoms with van der Waals surface area (Å²) < 4.78 is 0. The first-order valence-electron chi connectivity index (χ1n) is 5.45. The van der Waals surface area contributed by atoms with Crippen LogP contribution in [0.2, 0.25) is 5.02 Å². The zero-order valence-electron chi connectivity index (χ0n) is 9.93. The molecule has 1 atom stereocenters. The number of oxime groups is 1. The summed E-state index contributed by atoms with van der Waals surface area (Å²) in [5.41, 5.74) is 5.76. The number of amidine groups is 1. The van der Waals surface area contributed by atoms with Gasteiger partial charge < -0.3 is 16.3 Å². The first-order valence-corrected chi connectivity index (χ1v) is 5.83. The van der Waals surface area contributed by atoms with E-state index in [1.807, 2.05) is 6.92 Å². The molecule has 1 aromatic rings. The van der Waals surface area contributed by atoms with E-state index in [9.17, 15) is 4.79 Å². The second-order valence-electron chi connectivity index (χ2n) is 3.73. The van der Waals surface area contributed by atoms with Crippen molar-refractivity contribution in [2.24, 2.45) is 10.9 Å². The third-order valence-corrected chi connectivity index (χ3v) is 2.73. The Labute approximate surface area is 110 Å². The van der Waals surface area contributed by atoms with E-state index in [-0.39, 0.29) is 29.2 Å². The Kier molecular flexibility index (Phi) is 5.38. The fourth-order valence-electron chi connectivity index (χ4n) is 1.41. The number of hydrogen-bond acceptors (Lipinski definition) is 4. The molecule has 1 aromatic heterocycles. The van der Waals surface area contributed by atoms with Gasteiger partial charge in [-0.1, -0.05) is 23.7 Å². The maximum absolute atomic E-state index is 11.9. The Bertz CT molecular complexity index is 450. The highest BCUT2D eigenvalue weighted by atomic mass is 35.5.